The lowest BCUT2D eigenvalue weighted by molar-refractivity contribution is -0.133. The van der Waals surface area contributed by atoms with Crippen molar-refractivity contribution >= 4 is 15.9 Å². The molecule has 0 atom stereocenters. The van der Waals surface area contributed by atoms with Crippen molar-refractivity contribution in [3.63, 3.8) is 0 Å². The van der Waals surface area contributed by atoms with Gasteiger partial charge in [0.25, 0.3) is 0 Å². The molecule has 2 aliphatic rings. The first-order valence-corrected chi connectivity index (χ1v) is 13.4. The molecule has 0 aliphatic carbocycles. The van der Waals surface area contributed by atoms with Crippen molar-refractivity contribution in [3.05, 3.63) is 59.9 Å². The molecule has 0 radical (unpaired) electrons. The minimum absolute atomic E-state index is 0.167. The Morgan fingerprint density at radius 3 is 2.06 bits per heavy atom. The summed E-state index contributed by atoms with van der Waals surface area (Å²) in [5, 5.41) is 0. The molecular formula is C25H34N4O3S. The number of benzene rings is 1. The van der Waals surface area contributed by atoms with E-state index in [9.17, 15) is 13.2 Å². The van der Waals surface area contributed by atoms with Crippen LogP contribution in [-0.4, -0.2) is 72.7 Å². The number of piperazine rings is 1. The smallest absolute Gasteiger partial charge is 0.243 e. The van der Waals surface area contributed by atoms with Crippen molar-refractivity contribution in [2.45, 2.75) is 50.0 Å². The number of carbonyl (C=O) groups excluding carboxylic acids is 1. The SMILES string of the molecule is O=C(CCc1ccc(S(=O)(=O)N2CCCCCC2)cc1)N1CCN(Cc2ccncc2)CC1. The molecule has 0 N–H and O–H groups in total. The predicted molar refractivity (Wildman–Crippen MR) is 128 cm³/mol. The van der Waals surface area contributed by atoms with Gasteiger partial charge in [-0.05, 0) is 54.7 Å². The molecule has 0 spiro atoms. The minimum atomic E-state index is -3.43. The third-order valence-electron chi connectivity index (χ3n) is 6.63. The van der Waals surface area contributed by atoms with E-state index in [2.05, 4.69) is 9.88 Å². The number of pyridine rings is 1. The lowest BCUT2D eigenvalue weighted by atomic mass is 10.1. The second kappa shape index (κ2) is 11.2. The molecule has 178 valence electrons. The number of hydrogen-bond donors (Lipinski definition) is 0. The van der Waals surface area contributed by atoms with E-state index in [1.165, 1.54) is 5.56 Å². The molecule has 3 heterocycles. The summed E-state index contributed by atoms with van der Waals surface area (Å²) in [6, 6.07) is 11.1. The number of amides is 1. The number of rotatable bonds is 7. The molecule has 0 saturated carbocycles. The molecule has 33 heavy (non-hydrogen) atoms. The summed E-state index contributed by atoms with van der Waals surface area (Å²) < 4.78 is 27.5. The molecule has 7 nitrogen and oxygen atoms in total. The Kier molecular flexibility index (Phi) is 8.11. The van der Waals surface area contributed by atoms with Gasteiger partial charge in [-0.25, -0.2) is 8.42 Å². The molecule has 8 heteroatoms. The molecule has 2 saturated heterocycles. The fourth-order valence-electron chi connectivity index (χ4n) is 4.57. The first-order chi connectivity index (χ1) is 16.0. The summed E-state index contributed by atoms with van der Waals surface area (Å²) in [7, 11) is -3.43. The topological polar surface area (TPSA) is 73.8 Å². The molecule has 1 aromatic heterocycles. The molecule has 0 bridgehead atoms. The van der Waals surface area contributed by atoms with Gasteiger partial charge in [-0.1, -0.05) is 25.0 Å². The first kappa shape index (κ1) is 23.9. The van der Waals surface area contributed by atoms with Crippen LogP contribution in [0.2, 0.25) is 0 Å². The van der Waals surface area contributed by atoms with E-state index in [-0.39, 0.29) is 5.91 Å². The summed E-state index contributed by atoms with van der Waals surface area (Å²) in [6.45, 7) is 5.34. The predicted octanol–water partition coefficient (Wildman–Crippen LogP) is 2.92. The Hall–Kier alpha value is -2.29. The largest absolute Gasteiger partial charge is 0.340 e. The maximum atomic E-state index is 12.9. The van der Waals surface area contributed by atoms with Crippen molar-refractivity contribution < 1.29 is 13.2 Å². The van der Waals surface area contributed by atoms with E-state index in [4.69, 9.17) is 0 Å². The van der Waals surface area contributed by atoms with Gasteiger partial charge in [0.2, 0.25) is 15.9 Å². The second-order valence-electron chi connectivity index (χ2n) is 8.97. The third-order valence-corrected chi connectivity index (χ3v) is 8.55. The van der Waals surface area contributed by atoms with E-state index < -0.39 is 10.0 Å². The molecule has 1 aromatic carbocycles. The summed E-state index contributed by atoms with van der Waals surface area (Å²) in [6.07, 6.45) is 8.74. The fourth-order valence-corrected chi connectivity index (χ4v) is 6.09. The normalized spacial score (nSPS) is 18.7. The van der Waals surface area contributed by atoms with Crippen LogP contribution < -0.4 is 0 Å². The van der Waals surface area contributed by atoms with Crippen LogP contribution >= 0.6 is 0 Å². The van der Waals surface area contributed by atoms with Crippen LogP contribution in [0.3, 0.4) is 0 Å². The van der Waals surface area contributed by atoms with Crippen molar-refractivity contribution in [3.8, 4) is 0 Å². The van der Waals surface area contributed by atoms with Crippen LogP contribution in [0.4, 0.5) is 0 Å². The number of nitrogens with zero attached hydrogens (tertiary/aromatic N) is 4. The quantitative estimate of drug-likeness (QED) is 0.622. The summed E-state index contributed by atoms with van der Waals surface area (Å²) in [5.74, 6) is 0.167. The Bertz CT molecular complexity index is 996. The lowest BCUT2D eigenvalue weighted by Gasteiger charge is -2.34. The molecule has 0 unspecified atom stereocenters. The van der Waals surface area contributed by atoms with Gasteiger partial charge in [0.1, 0.15) is 0 Å². The molecular weight excluding hydrogens is 436 g/mol. The second-order valence-corrected chi connectivity index (χ2v) is 10.9. The average Bonchev–Trinajstić information content (AvgIpc) is 3.14. The van der Waals surface area contributed by atoms with E-state index >= 15 is 0 Å². The van der Waals surface area contributed by atoms with E-state index in [1.54, 1.807) is 16.4 Å². The zero-order chi connectivity index (χ0) is 23.1. The molecule has 4 rings (SSSR count). The Balaban J connectivity index is 1.24. The van der Waals surface area contributed by atoms with Crippen molar-refractivity contribution in [1.82, 2.24) is 19.1 Å². The fraction of sp³-hybridized carbons (Fsp3) is 0.520. The monoisotopic (exact) mass is 470 g/mol. The van der Waals surface area contributed by atoms with Crippen molar-refractivity contribution in [2.75, 3.05) is 39.3 Å². The highest BCUT2D eigenvalue weighted by Crippen LogP contribution is 2.21. The number of aryl methyl sites for hydroxylation is 1. The summed E-state index contributed by atoms with van der Waals surface area (Å²) in [4.78, 5) is 21.4. The molecule has 1 amide bonds. The lowest BCUT2D eigenvalue weighted by Crippen LogP contribution is -2.48. The van der Waals surface area contributed by atoms with Crippen molar-refractivity contribution in [1.29, 1.82) is 0 Å². The summed E-state index contributed by atoms with van der Waals surface area (Å²) >= 11 is 0. The van der Waals surface area contributed by atoms with Gasteiger partial charge in [-0.3, -0.25) is 14.7 Å². The zero-order valence-electron chi connectivity index (χ0n) is 19.2. The van der Waals surface area contributed by atoms with Crippen LogP contribution in [0.1, 0.15) is 43.2 Å². The zero-order valence-corrected chi connectivity index (χ0v) is 20.0. The highest BCUT2D eigenvalue weighted by atomic mass is 32.2. The van der Waals surface area contributed by atoms with E-state index in [0.29, 0.717) is 30.8 Å². The average molecular weight is 471 g/mol. The molecule has 2 fully saturated rings. The third kappa shape index (κ3) is 6.40. The van der Waals surface area contributed by atoms with E-state index in [1.807, 2.05) is 41.6 Å². The van der Waals surface area contributed by atoms with Crippen LogP contribution in [0.5, 0.6) is 0 Å². The standard InChI is InChI=1S/C25H34N4O3S/c30-25(28-19-17-27(18-20-28)21-23-11-13-26-14-12-23)10-7-22-5-8-24(9-6-22)33(31,32)29-15-3-1-2-4-16-29/h5-6,8-9,11-14H,1-4,7,10,15-21H2. The number of carbonyl (C=O) groups is 1. The first-order valence-electron chi connectivity index (χ1n) is 12.0. The maximum Gasteiger partial charge on any atom is 0.243 e. The van der Waals surface area contributed by atoms with Crippen LogP contribution in [0, 0.1) is 0 Å². The summed E-state index contributed by atoms with van der Waals surface area (Å²) in [5.41, 5.74) is 2.24. The van der Waals surface area contributed by atoms with Gasteiger partial charge >= 0.3 is 0 Å². The minimum Gasteiger partial charge on any atom is -0.340 e. The van der Waals surface area contributed by atoms with Gasteiger partial charge in [-0.15, -0.1) is 0 Å². The highest BCUT2D eigenvalue weighted by molar-refractivity contribution is 7.89. The van der Waals surface area contributed by atoms with Gasteiger partial charge in [-0.2, -0.15) is 4.31 Å². The van der Waals surface area contributed by atoms with Crippen molar-refractivity contribution in [2.24, 2.45) is 0 Å². The molecule has 2 aliphatic heterocycles. The van der Waals surface area contributed by atoms with Gasteiger partial charge < -0.3 is 4.90 Å². The van der Waals surface area contributed by atoms with Gasteiger partial charge in [0, 0.05) is 64.6 Å². The Labute approximate surface area is 197 Å². The van der Waals surface area contributed by atoms with E-state index in [0.717, 1.165) is 64.0 Å². The maximum absolute atomic E-state index is 12.9. The molecule has 2 aromatic rings. The van der Waals surface area contributed by atoms with Crippen LogP contribution in [-0.2, 0) is 27.8 Å². The van der Waals surface area contributed by atoms with Gasteiger partial charge in [0.15, 0.2) is 0 Å². The highest BCUT2D eigenvalue weighted by Gasteiger charge is 2.25. The number of sulfonamides is 1. The Morgan fingerprint density at radius 1 is 0.788 bits per heavy atom. The Morgan fingerprint density at radius 2 is 1.42 bits per heavy atom. The number of aromatic nitrogens is 1. The van der Waals surface area contributed by atoms with Gasteiger partial charge in [0.05, 0.1) is 4.90 Å². The van der Waals surface area contributed by atoms with Crippen LogP contribution in [0.25, 0.3) is 0 Å². The number of hydrogen-bond acceptors (Lipinski definition) is 5. The van der Waals surface area contributed by atoms with Crippen LogP contribution in [0.15, 0.2) is 53.7 Å².